The Kier molecular flexibility index (Phi) is 3.88. The second-order valence-corrected chi connectivity index (χ2v) is 5.76. The molecule has 1 aromatic carbocycles. The fraction of sp³-hybridized carbons (Fsp3) is 0.471. The minimum atomic E-state index is 0.245. The van der Waals surface area contributed by atoms with Crippen molar-refractivity contribution in [3.63, 3.8) is 0 Å². The summed E-state index contributed by atoms with van der Waals surface area (Å²) in [4.78, 5) is 4.45. The number of nitrogens with zero attached hydrogens (tertiary/aromatic N) is 2. The molecule has 3 nitrogen and oxygen atoms in total. The summed E-state index contributed by atoms with van der Waals surface area (Å²) in [5.74, 6) is 1.77. The number of benzene rings is 1. The molecular weight excluding hydrogens is 246 g/mol. The van der Waals surface area contributed by atoms with E-state index in [1.807, 2.05) is 6.20 Å². The van der Waals surface area contributed by atoms with E-state index < -0.39 is 0 Å². The summed E-state index contributed by atoms with van der Waals surface area (Å²) in [5.41, 5.74) is 7.83. The van der Waals surface area contributed by atoms with Gasteiger partial charge in [-0.25, -0.2) is 4.98 Å². The van der Waals surface area contributed by atoms with Crippen molar-refractivity contribution in [1.82, 2.24) is 9.55 Å². The second-order valence-electron chi connectivity index (χ2n) is 5.76. The Balaban J connectivity index is 1.84. The first-order chi connectivity index (χ1) is 9.79. The van der Waals surface area contributed by atoms with Crippen LogP contribution in [0, 0.1) is 0 Å². The van der Waals surface area contributed by atoms with Crippen molar-refractivity contribution in [1.29, 1.82) is 0 Å². The number of hydrogen-bond acceptors (Lipinski definition) is 2. The molecule has 3 atom stereocenters. The fourth-order valence-electron chi connectivity index (χ4n) is 3.44. The van der Waals surface area contributed by atoms with Crippen LogP contribution in [-0.4, -0.2) is 15.6 Å². The SMILES string of the molecule is CCc1nccn1C1CC(c2ccccc2)CCC1N. The minimum Gasteiger partial charge on any atom is -0.330 e. The highest BCUT2D eigenvalue weighted by molar-refractivity contribution is 5.21. The molecule has 0 saturated heterocycles. The monoisotopic (exact) mass is 269 g/mol. The zero-order valence-electron chi connectivity index (χ0n) is 12.1. The fourth-order valence-corrected chi connectivity index (χ4v) is 3.44. The van der Waals surface area contributed by atoms with E-state index in [0.717, 1.165) is 25.1 Å². The van der Waals surface area contributed by atoms with Gasteiger partial charge in [-0.05, 0) is 30.7 Å². The molecule has 1 aromatic heterocycles. The van der Waals surface area contributed by atoms with E-state index >= 15 is 0 Å². The van der Waals surface area contributed by atoms with E-state index in [9.17, 15) is 0 Å². The molecule has 20 heavy (non-hydrogen) atoms. The van der Waals surface area contributed by atoms with Gasteiger partial charge in [0.25, 0.3) is 0 Å². The highest BCUT2D eigenvalue weighted by Gasteiger charge is 2.30. The zero-order chi connectivity index (χ0) is 13.9. The zero-order valence-corrected chi connectivity index (χ0v) is 12.1. The average molecular weight is 269 g/mol. The van der Waals surface area contributed by atoms with E-state index in [-0.39, 0.29) is 6.04 Å². The van der Waals surface area contributed by atoms with Gasteiger partial charge in [0.15, 0.2) is 0 Å². The predicted octanol–water partition coefficient (Wildman–Crippen LogP) is 3.28. The van der Waals surface area contributed by atoms with Crippen LogP contribution in [0.1, 0.15) is 49.5 Å². The Hall–Kier alpha value is -1.61. The summed E-state index contributed by atoms with van der Waals surface area (Å²) < 4.78 is 2.31. The van der Waals surface area contributed by atoms with Crippen molar-refractivity contribution in [2.24, 2.45) is 5.73 Å². The summed E-state index contributed by atoms with van der Waals surface area (Å²) in [6, 6.07) is 11.5. The van der Waals surface area contributed by atoms with Gasteiger partial charge < -0.3 is 10.3 Å². The lowest BCUT2D eigenvalue weighted by Gasteiger charge is -2.36. The number of aryl methyl sites for hydroxylation is 1. The van der Waals surface area contributed by atoms with E-state index in [0.29, 0.717) is 12.0 Å². The summed E-state index contributed by atoms with van der Waals surface area (Å²) in [5, 5.41) is 0. The Labute approximate surface area is 120 Å². The van der Waals surface area contributed by atoms with Gasteiger partial charge in [0.05, 0.1) is 6.04 Å². The topological polar surface area (TPSA) is 43.8 Å². The Morgan fingerprint density at radius 2 is 2.05 bits per heavy atom. The Morgan fingerprint density at radius 3 is 2.80 bits per heavy atom. The largest absolute Gasteiger partial charge is 0.330 e. The molecule has 0 amide bonds. The third-order valence-electron chi connectivity index (χ3n) is 4.56. The van der Waals surface area contributed by atoms with E-state index in [1.165, 1.54) is 12.0 Å². The van der Waals surface area contributed by atoms with Crippen LogP contribution < -0.4 is 5.73 Å². The summed E-state index contributed by atoms with van der Waals surface area (Å²) in [7, 11) is 0. The van der Waals surface area contributed by atoms with Crippen molar-refractivity contribution < 1.29 is 0 Å². The van der Waals surface area contributed by atoms with Gasteiger partial charge in [0.2, 0.25) is 0 Å². The van der Waals surface area contributed by atoms with Crippen LogP contribution in [0.5, 0.6) is 0 Å². The lowest BCUT2D eigenvalue weighted by Crippen LogP contribution is -2.37. The van der Waals surface area contributed by atoms with E-state index in [2.05, 4.69) is 53.0 Å². The molecule has 2 aromatic rings. The lowest BCUT2D eigenvalue weighted by molar-refractivity contribution is 0.273. The molecule has 1 fully saturated rings. The predicted molar refractivity (Wildman–Crippen MR) is 81.7 cm³/mol. The first-order valence-electron chi connectivity index (χ1n) is 7.61. The van der Waals surface area contributed by atoms with Crippen molar-refractivity contribution in [3.8, 4) is 0 Å². The van der Waals surface area contributed by atoms with Crippen molar-refractivity contribution >= 4 is 0 Å². The first kappa shape index (κ1) is 13.4. The molecule has 0 spiro atoms. The first-order valence-corrected chi connectivity index (χ1v) is 7.61. The van der Waals surface area contributed by atoms with Gasteiger partial charge in [0, 0.05) is 24.9 Å². The van der Waals surface area contributed by atoms with Crippen molar-refractivity contribution in [3.05, 3.63) is 54.1 Å². The molecule has 1 aliphatic rings. The van der Waals surface area contributed by atoms with Gasteiger partial charge in [-0.3, -0.25) is 0 Å². The molecule has 0 aliphatic heterocycles. The van der Waals surface area contributed by atoms with E-state index in [1.54, 1.807) is 0 Å². The maximum atomic E-state index is 6.39. The van der Waals surface area contributed by atoms with Crippen LogP contribution in [0.4, 0.5) is 0 Å². The normalized spacial score (nSPS) is 26.6. The van der Waals surface area contributed by atoms with Crippen LogP contribution in [-0.2, 0) is 6.42 Å². The van der Waals surface area contributed by atoms with Gasteiger partial charge in [-0.2, -0.15) is 0 Å². The Morgan fingerprint density at radius 1 is 1.25 bits per heavy atom. The maximum Gasteiger partial charge on any atom is 0.108 e. The second kappa shape index (κ2) is 5.80. The van der Waals surface area contributed by atoms with Gasteiger partial charge in [-0.15, -0.1) is 0 Å². The van der Waals surface area contributed by atoms with Crippen LogP contribution in [0.3, 0.4) is 0 Å². The molecule has 1 heterocycles. The summed E-state index contributed by atoms with van der Waals surface area (Å²) in [6.45, 7) is 2.15. The smallest absolute Gasteiger partial charge is 0.108 e. The van der Waals surface area contributed by atoms with Crippen molar-refractivity contribution in [2.45, 2.75) is 50.6 Å². The highest BCUT2D eigenvalue weighted by Crippen LogP contribution is 2.38. The molecule has 1 aliphatic carbocycles. The number of aromatic nitrogens is 2. The third-order valence-corrected chi connectivity index (χ3v) is 4.56. The van der Waals surface area contributed by atoms with Crippen LogP contribution >= 0.6 is 0 Å². The maximum absolute atomic E-state index is 6.39. The summed E-state index contributed by atoms with van der Waals surface area (Å²) in [6.07, 6.45) is 8.36. The number of imidazole rings is 1. The standard InChI is InChI=1S/C17H23N3/c1-2-17-19-10-11-20(17)16-12-14(8-9-15(16)18)13-6-4-3-5-7-13/h3-7,10-11,14-16H,2,8-9,12,18H2,1H3. The number of rotatable bonds is 3. The summed E-state index contributed by atoms with van der Waals surface area (Å²) >= 11 is 0. The molecular formula is C17H23N3. The molecule has 3 heteroatoms. The van der Waals surface area contributed by atoms with E-state index in [4.69, 9.17) is 5.73 Å². The molecule has 106 valence electrons. The third kappa shape index (κ3) is 2.50. The average Bonchev–Trinajstić information content (AvgIpc) is 2.97. The highest BCUT2D eigenvalue weighted by atomic mass is 15.1. The van der Waals surface area contributed by atoms with Crippen LogP contribution in [0.15, 0.2) is 42.7 Å². The molecule has 0 bridgehead atoms. The van der Waals surface area contributed by atoms with Crippen LogP contribution in [0.2, 0.25) is 0 Å². The van der Waals surface area contributed by atoms with Gasteiger partial charge in [-0.1, -0.05) is 37.3 Å². The molecule has 3 rings (SSSR count). The Bertz CT molecular complexity index is 546. The number of hydrogen-bond donors (Lipinski definition) is 1. The van der Waals surface area contributed by atoms with Gasteiger partial charge >= 0.3 is 0 Å². The van der Waals surface area contributed by atoms with Crippen molar-refractivity contribution in [2.75, 3.05) is 0 Å². The lowest BCUT2D eigenvalue weighted by atomic mass is 9.79. The quantitative estimate of drug-likeness (QED) is 0.929. The molecule has 0 radical (unpaired) electrons. The molecule has 2 N–H and O–H groups in total. The molecule has 1 saturated carbocycles. The molecule has 3 unspecified atom stereocenters. The van der Waals surface area contributed by atoms with Crippen LogP contribution in [0.25, 0.3) is 0 Å². The van der Waals surface area contributed by atoms with Gasteiger partial charge in [0.1, 0.15) is 5.82 Å². The number of nitrogens with two attached hydrogens (primary N) is 1. The minimum absolute atomic E-state index is 0.245.